The van der Waals surface area contributed by atoms with E-state index in [0.717, 1.165) is 43.3 Å². The third-order valence-electron chi connectivity index (χ3n) is 3.71. The summed E-state index contributed by atoms with van der Waals surface area (Å²) in [5, 5.41) is 2.91. The molecule has 1 saturated carbocycles. The van der Waals surface area contributed by atoms with Crippen LogP contribution in [0.2, 0.25) is 0 Å². The standard InChI is InChI=1S/C14H18F3N3OS/c1-9-4-2-3-5-10(9)19-12(21)8-22-13-18-7-6-11(20-13)14(15,16)17/h6-7,9-10H,2-5,8H2,1H3,(H,19,21)/t9-,10-/m0/s1. The Morgan fingerprint density at radius 3 is 2.82 bits per heavy atom. The predicted octanol–water partition coefficient (Wildman–Crippen LogP) is 3.28. The summed E-state index contributed by atoms with van der Waals surface area (Å²) in [6.07, 6.45) is 0.878. The number of alkyl halides is 3. The van der Waals surface area contributed by atoms with Gasteiger partial charge in [0.15, 0.2) is 5.16 Å². The Kier molecular flexibility index (Phi) is 5.66. The first-order valence-electron chi connectivity index (χ1n) is 7.18. The molecule has 1 amide bonds. The molecule has 1 aromatic rings. The van der Waals surface area contributed by atoms with Gasteiger partial charge in [0.1, 0.15) is 5.69 Å². The van der Waals surface area contributed by atoms with Crippen LogP contribution in [0.4, 0.5) is 13.2 Å². The van der Waals surface area contributed by atoms with Gasteiger partial charge in [-0.25, -0.2) is 9.97 Å². The van der Waals surface area contributed by atoms with Gasteiger partial charge >= 0.3 is 6.18 Å². The summed E-state index contributed by atoms with van der Waals surface area (Å²) in [6, 6.07) is 0.970. The average molecular weight is 333 g/mol. The second kappa shape index (κ2) is 7.30. The zero-order chi connectivity index (χ0) is 16.2. The highest BCUT2D eigenvalue weighted by atomic mass is 32.2. The molecule has 1 aliphatic carbocycles. The summed E-state index contributed by atoms with van der Waals surface area (Å²) in [5.41, 5.74) is -0.994. The maximum atomic E-state index is 12.5. The quantitative estimate of drug-likeness (QED) is 0.679. The Labute approximate surface area is 131 Å². The van der Waals surface area contributed by atoms with Crippen molar-refractivity contribution in [1.29, 1.82) is 0 Å². The summed E-state index contributed by atoms with van der Waals surface area (Å²) in [6.45, 7) is 2.10. The molecule has 2 atom stereocenters. The van der Waals surface area contributed by atoms with E-state index in [1.807, 2.05) is 0 Å². The molecule has 0 unspecified atom stereocenters. The van der Waals surface area contributed by atoms with Crippen molar-refractivity contribution in [3.63, 3.8) is 0 Å². The SMILES string of the molecule is C[C@H]1CCCC[C@@H]1NC(=O)CSc1nccc(C(F)(F)F)n1. The molecule has 2 rings (SSSR count). The minimum Gasteiger partial charge on any atom is -0.352 e. The van der Waals surface area contributed by atoms with Gasteiger partial charge in [-0.15, -0.1) is 0 Å². The molecule has 8 heteroatoms. The Morgan fingerprint density at radius 1 is 1.41 bits per heavy atom. The lowest BCUT2D eigenvalue weighted by molar-refractivity contribution is -0.141. The van der Waals surface area contributed by atoms with Crippen molar-refractivity contribution in [1.82, 2.24) is 15.3 Å². The van der Waals surface area contributed by atoms with Gasteiger partial charge in [0.05, 0.1) is 5.75 Å². The normalized spacial score (nSPS) is 22.4. The monoisotopic (exact) mass is 333 g/mol. The van der Waals surface area contributed by atoms with E-state index in [9.17, 15) is 18.0 Å². The van der Waals surface area contributed by atoms with Crippen LogP contribution in [0.3, 0.4) is 0 Å². The number of amides is 1. The molecule has 1 aromatic heterocycles. The fourth-order valence-electron chi connectivity index (χ4n) is 2.48. The van der Waals surface area contributed by atoms with Crippen molar-refractivity contribution in [2.45, 2.75) is 50.0 Å². The molecule has 0 aromatic carbocycles. The zero-order valence-corrected chi connectivity index (χ0v) is 13.0. The van der Waals surface area contributed by atoms with E-state index < -0.39 is 11.9 Å². The van der Waals surface area contributed by atoms with Gasteiger partial charge in [-0.2, -0.15) is 13.2 Å². The second-order valence-corrected chi connectivity index (χ2v) is 6.39. The van der Waals surface area contributed by atoms with E-state index >= 15 is 0 Å². The number of hydrogen-bond donors (Lipinski definition) is 1. The van der Waals surface area contributed by atoms with Gasteiger partial charge in [0, 0.05) is 12.2 Å². The lowest BCUT2D eigenvalue weighted by Crippen LogP contribution is -2.41. The van der Waals surface area contributed by atoms with E-state index in [4.69, 9.17) is 0 Å². The predicted molar refractivity (Wildman–Crippen MR) is 77.3 cm³/mol. The molecule has 1 fully saturated rings. The van der Waals surface area contributed by atoms with Crippen molar-refractivity contribution < 1.29 is 18.0 Å². The number of carbonyl (C=O) groups excluding carboxylic acids is 1. The Morgan fingerprint density at radius 2 is 2.14 bits per heavy atom. The Bertz CT molecular complexity index is 524. The van der Waals surface area contributed by atoms with Crippen LogP contribution in [0.25, 0.3) is 0 Å². The first-order valence-corrected chi connectivity index (χ1v) is 8.17. The molecule has 1 heterocycles. The van der Waals surface area contributed by atoms with E-state index in [-0.39, 0.29) is 22.9 Å². The maximum absolute atomic E-state index is 12.5. The summed E-state index contributed by atoms with van der Waals surface area (Å²) in [5.74, 6) is 0.266. The average Bonchev–Trinajstić information content (AvgIpc) is 2.47. The fourth-order valence-corrected chi connectivity index (χ4v) is 3.12. The molecule has 1 aliphatic rings. The summed E-state index contributed by atoms with van der Waals surface area (Å²) >= 11 is 0.914. The molecule has 0 saturated heterocycles. The molecular weight excluding hydrogens is 315 g/mol. The molecule has 0 bridgehead atoms. The minimum atomic E-state index is -4.50. The van der Waals surface area contributed by atoms with Crippen LogP contribution in [0.5, 0.6) is 0 Å². The van der Waals surface area contributed by atoms with Crippen LogP contribution in [-0.4, -0.2) is 27.7 Å². The van der Waals surface area contributed by atoms with Crippen LogP contribution in [-0.2, 0) is 11.0 Å². The molecule has 0 radical (unpaired) electrons. The van der Waals surface area contributed by atoms with Crippen molar-refractivity contribution >= 4 is 17.7 Å². The number of hydrogen-bond acceptors (Lipinski definition) is 4. The largest absolute Gasteiger partial charge is 0.433 e. The number of aromatic nitrogens is 2. The van der Waals surface area contributed by atoms with Crippen LogP contribution in [0.15, 0.2) is 17.4 Å². The number of halogens is 3. The summed E-state index contributed by atoms with van der Waals surface area (Å²) in [4.78, 5) is 19.1. The van der Waals surface area contributed by atoms with E-state index in [0.29, 0.717) is 5.92 Å². The molecule has 122 valence electrons. The van der Waals surface area contributed by atoms with Gasteiger partial charge in [0.2, 0.25) is 5.91 Å². The summed E-state index contributed by atoms with van der Waals surface area (Å²) < 4.78 is 37.6. The number of carbonyl (C=O) groups is 1. The second-order valence-electron chi connectivity index (χ2n) is 5.45. The zero-order valence-electron chi connectivity index (χ0n) is 12.2. The maximum Gasteiger partial charge on any atom is 0.433 e. The van der Waals surface area contributed by atoms with Crippen molar-refractivity contribution in [2.75, 3.05) is 5.75 Å². The van der Waals surface area contributed by atoms with E-state index in [2.05, 4.69) is 22.2 Å². The van der Waals surface area contributed by atoms with Gasteiger partial charge in [0.25, 0.3) is 0 Å². The number of nitrogens with zero attached hydrogens (tertiary/aromatic N) is 2. The van der Waals surface area contributed by atoms with Gasteiger partial charge < -0.3 is 5.32 Å². The first kappa shape index (κ1) is 17.1. The van der Waals surface area contributed by atoms with Crippen LogP contribution in [0, 0.1) is 5.92 Å². The van der Waals surface area contributed by atoms with Crippen LogP contribution in [0.1, 0.15) is 38.3 Å². The third kappa shape index (κ3) is 4.86. The number of rotatable bonds is 4. The van der Waals surface area contributed by atoms with Crippen molar-refractivity contribution in [3.8, 4) is 0 Å². The third-order valence-corrected chi connectivity index (χ3v) is 4.58. The molecular formula is C14H18F3N3OS. The summed E-state index contributed by atoms with van der Waals surface area (Å²) in [7, 11) is 0. The van der Waals surface area contributed by atoms with Gasteiger partial charge in [-0.05, 0) is 24.8 Å². The highest BCUT2D eigenvalue weighted by Gasteiger charge is 2.32. The Balaban J connectivity index is 1.86. The lowest BCUT2D eigenvalue weighted by Gasteiger charge is -2.29. The van der Waals surface area contributed by atoms with Crippen LogP contribution < -0.4 is 5.32 Å². The lowest BCUT2D eigenvalue weighted by atomic mass is 9.86. The molecule has 1 N–H and O–H groups in total. The van der Waals surface area contributed by atoms with Gasteiger partial charge in [-0.3, -0.25) is 4.79 Å². The first-order chi connectivity index (χ1) is 10.4. The van der Waals surface area contributed by atoms with Crippen molar-refractivity contribution in [3.05, 3.63) is 18.0 Å². The van der Waals surface area contributed by atoms with Crippen LogP contribution >= 0.6 is 11.8 Å². The molecule has 22 heavy (non-hydrogen) atoms. The van der Waals surface area contributed by atoms with E-state index in [1.54, 1.807) is 0 Å². The highest BCUT2D eigenvalue weighted by molar-refractivity contribution is 7.99. The smallest absolute Gasteiger partial charge is 0.352 e. The number of nitrogens with one attached hydrogen (secondary N) is 1. The van der Waals surface area contributed by atoms with Crippen molar-refractivity contribution in [2.24, 2.45) is 5.92 Å². The topological polar surface area (TPSA) is 54.9 Å². The molecule has 0 aliphatic heterocycles. The highest BCUT2D eigenvalue weighted by Crippen LogP contribution is 2.28. The fraction of sp³-hybridized carbons (Fsp3) is 0.643. The molecule has 4 nitrogen and oxygen atoms in total. The van der Waals surface area contributed by atoms with E-state index in [1.165, 1.54) is 6.42 Å². The molecule has 0 spiro atoms. The number of thioether (sulfide) groups is 1. The minimum absolute atomic E-state index is 0.0184. The Hall–Kier alpha value is -1.31. The van der Waals surface area contributed by atoms with Gasteiger partial charge in [-0.1, -0.05) is 31.5 Å².